The quantitative estimate of drug-likeness (QED) is 0.271. The Bertz CT molecular complexity index is 1110. The second-order valence-corrected chi connectivity index (χ2v) is 7.09. The lowest BCUT2D eigenvalue weighted by atomic mass is 10.2. The molecule has 0 bridgehead atoms. The average molecular weight is 484 g/mol. The van der Waals surface area contributed by atoms with E-state index in [0.717, 1.165) is 12.1 Å². The van der Waals surface area contributed by atoms with Gasteiger partial charge in [-0.3, -0.25) is 0 Å². The zero-order valence-electron chi connectivity index (χ0n) is 13.8. The Kier molecular flexibility index (Phi) is 6.08. The van der Waals surface area contributed by atoms with E-state index < -0.39 is 18.0 Å². The number of aromatic hydroxyl groups is 1. The van der Waals surface area contributed by atoms with Crippen molar-refractivity contribution in [1.82, 2.24) is 4.98 Å². The Morgan fingerprint density at radius 3 is 2.41 bits per heavy atom. The highest BCUT2D eigenvalue weighted by molar-refractivity contribution is 7.80. The first kappa shape index (κ1) is 21.4. The molecule has 0 spiro atoms. The summed E-state index contributed by atoms with van der Waals surface area (Å²) >= 11 is 22.9. The van der Waals surface area contributed by atoms with Crippen molar-refractivity contribution in [2.75, 3.05) is 5.32 Å². The fourth-order valence-corrected chi connectivity index (χ4v) is 3.38. The summed E-state index contributed by atoms with van der Waals surface area (Å²) < 4.78 is 41.1. The monoisotopic (exact) mass is 482 g/mol. The van der Waals surface area contributed by atoms with E-state index in [2.05, 4.69) is 25.3 Å². The highest BCUT2D eigenvalue weighted by Gasteiger charge is 2.31. The first-order valence-corrected chi connectivity index (χ1v) is 9.05. The molecule has 0 atom stereocenters. The summed E-state index contributed by atoms with van der Waals surface area (Å²) in [4.78, 5) is 2.56. The van der Waals surface area contributed by atoms with Gasteiger partial charge in [-0.2, -0.15) is 0 Å². The minimum absolute atomic E-state index is 0.134. The number of nitrogens with one attached hydrogen (secondary N) is 2. The number of halogens is 6. The van der Waals surface area contributed by atoms with Crippen molar-refractivity contribution in [2.24, 2.45) is 10.2 Å². The van der Waals surface area contributed by atoms with E-state index in [-0.39, 0.29) is 31.9 Å². The molecule has 0 saturated heterocycles. The van der Waals surface area contributed by atoms with Crippen LogP contribution in [0.3, 0.4) is 0 Å². The molecule has 0 radical (unpaired) electrons. The summed E-state index contributed by atoms with van der Waals surface area (Å²) in [5.74, 6) is -0.904. The van der Waals surface area contributed by atoms with E-state index in [1.807, 2.05) is 0 Å². The number of benzene rings is 2. The number of rotatable bonds is 3. The maximum absolute atomic E-state index is 12.4. The smallest absolute Gasteiger partial charge is 0.493 e. The summed E-state index contributed by atoms with van der Waals surface area (Å²) in [6, 6.07) is 6.30. The van der Waals surface area contributed by atoms with Crippen LogP contribution in [-0.4, -0.2) is 21.6 Å². The third kappa shape index (κ3) is 5.21. The topological polar surface area (TPSA) is 82.0 Å². The molecule has 3 N–H and O–H groups in total. The van der Waals surface area contributed by atoms with E-state index in [1.165, 1.54) is 18.2 Å². The average Bonchev–Trinajstić information content (AvgIpc) is 2.89. The molecule has 0 aliphatic carbocycles. The molecular weight excluding hydrogens is 476 g/mol. The van der Waals surface area contributed by atoms with Gasteiger partial charge < -0.3 is 20.1 Å². The summed E-state index contributed by atoms with van der Waals surface area (Å²) in [5, 5.41) is 20.8. The van der Waals surface area contributed by atoms with Gasteiger partial charge >= 0.3 is 6.36 Å². The van der Waals surface area contributed by atoms with Gasteiger partial charge in [-0.05, 0) is 42.5 Å². The van der Waals surface area contributed by atoms with Crippen molar-refractivity contribution in [2.45, 2.75) is 6.36 Å². The number of fused-ring (bicyclic) bond motifs is 1. The van der Waals surface area contributed by atoms with Crippen LogP contribution in [0.5, 0.6) is 11.6 Å². The van der Waals surface area contributed by atoms with Crippen molar-refractivity contribution < 1.29 is 23.0 Å². The van der Waals surface area contributed by atoms with Crippen LogP contribution in [0.4, 0.5) is 24.5 Å². The molecule has 0 aliphatic rings. The lowest BCUT2D eigenvalue weighted by Gasteiger charge is -2.09. The molecule has 2 aromatic carbocycles. The maximum Gasteiger partial charge on any atom is 0.573 e. The fraction of sp³-hybridized carbons (Fsp3) is 0.0625. The largest absolute Gasteiger partial charge is 0.573 e. The normalized spacial score (nSPS) is 11.9. The summed E-state index contributed by atoms with van der Waals surface area (Å²) in [6.45, 7) is 0. The van der Waals surface area contributed by atoms with E-state index in [4.69, 9.17) is 47.0 Å². The number of ether oxygens (including phenoxy) is 1. The molecule has 6 nitrogen and oxygen atoms in total. The first-order chi connectivity index (χ1) is 13.5. The van der Waals surface area contributed by atoms with Crippen LogP contribution in [-0.2, 0) is 0 Å². The molecule has 0 unspecified atom stereocenters. The van der Waals surface area contributed by atoms with Gasteiger partial charge in [0.2, 0.25) is 11.0 Å². The minimum atomic E-state index is -4.86. The predicted molar refractivity (Wildman–Crippen MR) is 109 cm³/mol. The Labute approximate surface area is 181 Å². The summed E-state index contributed by atoms with van der Waals surface area (Å²) in [7, 11) is 0. The number of hydrogen-bond donors (Lipinski definition) is 3. The number of alkyl halides is 3. The highest BCUT2D eigenvalue weighted by Crippen LogP contribution is 2.38. The summed E-state index contributed by atoms with van der Waals surface area (Å²) in [6.07, 6.45) is -4.86. The molecule has 0 fully saturated rings. The highest BCUT2D eigenvalue weighted by atomic mass is 35.5. The van der Waals surface area contributed by atoms with Crippen LogP contribution in [0.25, 0.3) is 10.9 Å². The number of azo groups is 1. The van der Waals surface area contributed by atoms with Gasteiger partial charge in [-0.1, -0.05) is 34.8 Å². The van der Waals surface area contributed by atoms with E-state index >= 15 is 0 Å². The van der Waals surface area contributed by atoms with Crippen molar-refractivity contribution >= 4 is 74.4 Å². The molecule has 3 aromatic rings. The van der Waals surface area contributed by atoms with Crippen molar-refractivity contribution in [3.8, 4) is 11.6 Å². The van der Waals surface area contributed by atoms with Gasteiger partial charge in [0.25, 0.3) is 0 Å². The molecule has 1 heterocycles. The number of aromatic amines is 1. The van der Waals surface area contributed by atoms with Crippen LogP contribution < -0.4 is 10.1 Å². The molecule has 1 aromatic heterocycles. The van der Waals surface area contributed by atoms with Crippen LogP contribution in [0, 0.1) is 0 Å². The second-order valence-electron chi connectivity index (χ2n) is 5.45. The first-order valence-electron chi connectivity index (χ1n) is 7.51. The van der Waals surface area contributed by atoms with Crippen molar-refractivity contribution in [3.05, 3.63) is 45.4 Å². The number of aromatic nitrogens is 1. The predicted octanol–water partition coefficient (Wildman–Crippen LogP) is 7.21. The molecule has 3 rings (SSSR count). The third-order valence-corrected chi connectivity index (χ3v) is 4.43. The van der Waals surface area contributed by atoms with E-state index in [0.29, 0.717) is 10.5 Å². The number of H-pyrrole nitrogens is 1. The SMILES string of the molecule is Oc1[nH]c2ccc(OC(F)(F)F)cc2c1N=NC(=S)Nc1c(Cl)cc(Cl)cc1Cl. The Hall–Kier alpha value is -2.27. The zero-order chi connectivity index (χ0) is 21.3. The van der Waals surface area contributed by atoms with Crippen molar-refractivity contribution in [1.29, 1.82) is 0 Å². The fourth-order valence-electron chi connectivity index (χ4n) is 2.33. The van der Waals surface area contributed by atoms with Gasteiger partial charge in [0, 0.05) is 10.4 Å². The Balaban J connectivity index is 1.87. The lowest BCUT2D eigenvalue weighted by Crippen LogP contribution is -2.16. The number of nitrogens with zero attached hydrogens (tertiary/aromatic N) is 2. The van der Waals surface area contributed by atoms with Crippen LogP contribution in [0.15, 0.2) is 40.6 Å². The number of thiocarbonyl (C=S) groups is 1. The van der Waals surface area contributed by atoms with E-state index in [9.17, 15) is 18.3 Å². The molecule has 13 heteroatoms. The van der Waals surface area contributed by atoms with Crippen LogP contribution in [0.2, 0.25) is 15.1 Å². The Morgan fingerprint density at radius 1 is 1.14 bits per heavy atom. The molecule has 0 amide bonds. The standard InChI is InChI=1S/C16H8Cl3F3N4O2S/c17-6-3-9(18)13(10(19)4-6)24-15(29)26-25-12-8-5-7(28-16(20,21)22)1-2-11(8)23-14(12)27/h1-5,23,27H,(H,24,29). The minimum Gasteiger partial charge on any atom is -0.493 e. The number of anilines is 1. The maximum atomic E-state index is 12.4. The third-order valence-electron chi connectivity index (χ3n) is 3.44. The molecule has 0 aliphatic heterocycles. The van der Waals surface area contributed by atoms with Gasteiger partial charge in [0.1, 0.15) is 5.75 Å². The Morgan fingerprint density at radius 2 is 1.79 bits per heavy atom. The number of hydrogen-bond acceptors (Lipinski definition) is 4. The lowest BCUT2D eigenvalue weighted by molar-refractivity contribution is -0.274. The molecule has 0 saturated carbocycles. The van der Waals surface area contributed by atoms with Gasteiger partial charge in [0.05, 0.1) is 21.2 Å². The van der Waals surface area contributed by atoms with Crippen molar-refractivity contribution in [3.63, 3.8) is 0 Å². The molecule has 29 heavy (non-hydrogen) atoms. The van der Waals surface area contributed by atoms with Gasteiger partial charge in [0.15, 0.2) is 5.69 Å². The van der Waals surface area contributed by atoms with Gasteiger partial charge in [-0.15, -0.1) is 23.4 Å². The molecule has 152 valence electrons. The summed E-state index contributed by atoms with van der Waals surface area (Å²) in [5.41, 5.74) is 0.421. The van der Waals surface area contributed by atoms with E-state index in [1.54, 1.807) is 0 Å². The zero-order valence-corrected chi connectivity index (χ0v) is 16.9. The van der Waals surface area contributed by atoms with Gasteiger partial charge in [-0.25, -0.2) is 0 Å². The molecular formula is C16H8Cl3F3N4O2S. The van der Waals surface area contributed by atoms with Crippen LogP contribution >= 0.6 is 47.0 Å². The second kappa shape index (κ2) is 8.23. The van der Waals surface area contributed by atoms with Crippen LogP contribution in [0.1, 0.15) is 0 Å².